The van der Waals surface area contributed by atoms with Crippen molar-refractivity contribution in [3.8, 4) is 0 Å². The normalized spacial score (nSPS) is 15.4. The summed E-state index contributed by atoms with van der Waals surface area (Å²) in [5.74, 6) is 0.205. The van der Waals surface area contributed by atoms with E-state index in [2.05, 4.69) is 29.0 Å². The minimum atomic E-state index is -0.137. The molecular weight excluding hydrogens is 350 g/mol. The maximum Gasteiger partial charge on any atom is 0.236 e. The lowest BCUT2D eigenvalue weighted by atomic mass is 10.1. The third kappa shape index (κ3) is 3.09. The average molecular weight is 372 g/mol. The molecular formula is C19H21N3OS2. The highest BCUT2D eigenvalue weighted by atomic mass is 32.2. The number of thiophene rings is 1. The number of thioether (sulfide) groups is 1. The maximum absolute atomic E-state index is 12.9. The number of para-hydroxylation sites is 2. The molecule has 25 heavy (non-hydrogen) atoms. The number of fused-ring (bicyclic) bond motifs is 2. The lowest BCUT2D eigenvalue weighted by molar-refractivity contribution is -0.131. The van der Waals surface area contributed by atoms with Crippen LogP contribution in [0.15, 0.2) is 40.9 Å². The van der Waals surface area contributed by atoms with E-state index in [1.165, 1.54) is 10.4 Å². The summed E-state index contributed by atoms with van der Waals surface area (Å²) in [4.78, 5) is 21.1. The van der Waals surface area contributed by atoms with Crippen molar-refractivity contribution in [1.29, 1.82) is 0 Å². The van der Waals surface area contributed by atoms with Gasteiger partial charge in [-0.3, -0.25) is 4.79 Å². The fourth-order valence-electron chi connectivity index (χ4n) is 3.35. The zero-order valence-corrected chi connectivity index (χ0v) is 16.1. The van der Waals surface area contributed by atoms with Crippen LogP contribution in [0.2, 0.25) is 0 Å². The van der Waals surface area contributed by atoms with Gasteiger partial charge in [-0.2, -0.15) is 0 Å². The maximum atomic E-state index is 12.9. The first-order valence-electron chi connectivity index (χ1n) is 8.63. The number of benzene rings is 1. The number of aryl methyl sites for hydroxylation is 1. The Balaban J connectivity index is 1.52. The third-order valence-corrected chi connectivity index (χ3v) is 6.79. The van der Waals surface area contributed by atoms with Crippen LogP contribution in [0.5, 0.6) is 0 Å². The van der Waals surface area contributed by atoms with E-state index in [9.17, 15) is 4.79 Å². The van der Waals surface area contributed by atoms with E-state index in [-0.39, 0.29) is 11.2 Å². The molecule has 0 saturated heterocycles. The van der Waals surface area contributed by atoms with Crippen molar-refractivity contribution < 1.29 is 4.79 Å². The second-order valence-corrected chi connectivity index (χ2v) is 8.57. The molecule has 3 aromatic rings. The van der Waals surface area contributed by atoms with Crippen LogP contribution in [-0.4, -0.2) is 32.2 Å². The number of hydrogen-bond acceptors (Lipinski definition) is 4. The van der Waals surface area contributed by atoms with E-state index < -0.39 is 0 Å². The van der Waals surface area contributed by atoms with Gasteiger partial charge in [0.2, 0.25) is 5.91 Å². The van der Waals surface area contributed by atoms with Crippen LogP contribution in [0.4, 0.5) is 0 Å². The van der Waals surface area contributed by atoms with E-state index >= 15 is 0 Å². The fourth-order valence-corrected chi connectivity index (χ4v) is 5.31. The van der Waals surface area contributed by atoms with Crippen LogP contribution in [0, 0.1) is 0 Å². The highest BCUT2D eigenvalue weighted by Gasteiger charge is 2.27. The number of carbonyl (C=O) groups is 1. The van der Waals surface area contributed by atoms with Gasteiger partial charge >= 0.3 is 0 Å². The molecule has 6 heteroatoms. The van der Waals surface area contributed by atoms with Crippen molar-refractivity contribution in [2.75, 3.05) is 6.54 Å². The van der Waals surface area contributed by atoms with Gasteiger partial charge in [0.05, 0.1) is 16.3 Å². The first-order chi connectivity index (χ1) is 12.2. The van der Waals surface area contributed by atoms with E-state index in [0.29, 0.717) is 0 Å². The minimum Gasteiger partial charge on any atom is -0.337 e. The molecule has 0 spiro atoms. The Kier molecular flexibility index (Phi) is 4.56. The summed E-state index contributed by atoms with van der Waals surface area (Å²) in [7, 11) is 0. The molecule has 0 aliphatic carbocycles. The Morgan fingerprint density at radius 1 is 1.36 bits per heavy atom. The summed E-state index contributed by atoms with van der Waals surface area (Å²) in [6, 6.07) is 10.3. The zero-order chi connectivity index (χ0) is 17.4. The molecule has 0 N–H and O–H groups in total. The van der Waals surface area contributed by atoms with Crippen molar-refractivity contribution in [2.24, 2.45) is 0 Å². The zero-order valence-electron chi connectivity index (χ0n) is 14.4. The summed E-state index contributed by atoms with van der Waals surface area (Å²) >= 11 is 3.37. The highest BCUT2D eigenvalue weighted by molar-refractivity contribution is 8.00. The number of amides is 1. The molecule has 0 radical (unpaired) electrons. The van der Waals surface area contributed by atoms with Gasteiger partial charge in [0.1, 0.15) is 0 Å². The van der Waals surface area contributed by atoms with Gasteiger partial charge in [0, 0.05) is 24.5 Å². The number of aromatic nitrogens is 2. The lowest BCUT2D eigenvalue weighted by Crippen LogP contribution is -2.39. The SMILES string of the molecule is CCn1c(SC(C)C(=O)N2CCc3sccc3C2)nc2ccccc21. The molecule has 1 atom stereocenters. The summed E-state index contributed by atoms with van der Waals surface area (Å²) in [6.45, 7) is 6.53. The molecule has 1 amide bonds. The minimum absolute atomic E-state index is 0.137. The van der Waals surface area contributed by atoms with Crippen LogP contribution in [-0.2, 0) is 24.3 Å². The molecule has 1 aromatic carbocycles. The molecule has 2 aromatic heterocycles. The van der Waals surface area contributed by atoms with Crippen molar-refractivity contribution in [1.82, 2.24) is 14.5 Å². The summed E-state index contributed by atoms with van der Waals surface area (Å²) in [5, 5.41) is 2.92. The molecule has 1 unspecified atom stereocenters. The molecule has 0 saturated carbocycles. The Labute approximate surface area is 155 Å². The van der Waals surface area contributed by atoms with Gasteiger partial charge in [0.15, 0.2) is 5.16 Å². The van der Waals surface area contributed by atoms with Crippen LogP contribution < -0.4 is 0 Å². The first kappa shape index (κ1) is 16.7. The number of imidazole rings is 1. The number of rotatable bonds is 4. The summed E-state index contributed by atoms with van der Waals surface area (Å²) in [5.41, 5.74) is 3.43. The summed E-state index contributed by atoms with van der Waals surface area (Å²) < 4.78 is 2.19. The van der Waals surface area contributed by atoms with Crippen molar-refractivity contribution >= 4 is 40.0 Å². The molecule has 1 aliphatic heterocycles. The smallest absolute Gasteiger partial charge is 0.236 e. The van der Waals surface area contributed by atoms with Gasteiger partial charge in [-0.05, 0) is 49.4 Å². The van der Waals surface area contributed by atoms with Crippen LogP contribution in [0.1, 0.15) is 24.3 Å². The number of nitrogens with zero attached hydrogens (tertiary/aromatic N) is 3. The molecule has 3 heterocycles. The van der Waals surface area contributed by atoms with Gasteiger partial charge in [-0.15, -0.1) is 11.3 Å². The van der Waals surface area contributed by atoms with E-state index in [0.717, 1.165) is 42.2 Å². The Morgan fingerprint density at radius 3 is 3.04 bits per heavy atom. The number of hydrogen-bond donors (Lipinski definition) is 0. The van der Waals surface area contributed by atoms with Gasteiger partial charge in [0.25, 0.3) is 0 Å². The van der Waals surface area contributed by atoms with Crippen molar-refractivity contribution in [3.63, 3.8) is 0 Å². The molecule has 1 aliphatic rings. The molecule has 0 fully saturated rings. The lowest BCUT2D eigenvalue weighted by Gasteiger charge is -2.29. The van der Waals surface area contributed by atoms with Gasteiger partial charge in [-0.25, -0.2) is 4.98 Å². The molecule has 4 nitrogen and oxygen atoms in total. The predicted molar refractivity (Wildman–Crippen MR) is 104 cm³/mol. The molecule has 0 bridgehead atoms. The van der Waals surface area contributed by atoms with Crippen LogP contribution in [0.25, 0.3) is 11.0 Å². The predicted octanol–water partition coefficient (Wildman–Crippen LogP) is 4.18. The van der Waals surface area contributed by atoms with Gasteiger partial charge in [-0.1, -0.05) is 23.9 Å². The molecule has 4 rings (SSSR count). The van der Waals surface area contributed by atoms with E-state index in [1.807, 2.05) is 30.0 Å². The second-order valence-electron chi connectivity index (χ2n) is 6.27. The van der Waals surface area contributed by atoms with Crippen LogP contribution in [0.3, 0.4) is 0 Å². The third-order valence-electron chi connectivity index (χ3n) is 4.69. The van der Waals surface area contributed by atoms with E-state index in [4.69, 9.17) is 4.98 Å². The van der Waals surface area contributed by atoms with Gasteiger partial charge < -0.3 is 9.47 Å². The van der Waals surface area contributed by atoms with Crippen LogP contribution >= 0.6 is 23.1 Å². The van der Waals surface area contributed by atoms with Crippen molar-refractivity contribution in [2.45, 2.75) is 43.8 Å². The highest BCUT2D eigenvalue weighted by Crippen LogP contribution is 2.30. The second kappa shape index (κ2) is 6.84. The summed E-state index contributed by atoms with van der Waals surface area (Å²) in [6.07, 6.45) is 0.976. The van der Waals surface area contributed by atoms with Crippen molar-refractivity contribution in [3.05, 3.63) is 46.2 Å². The van der Waals surface area contributed by atoms with E-state index in [1.54, 1.807) is 23.1 Å². The fraction of sp³-hybridized carbons (Fsp3) is 0.368. The average Bonchev–Trinajstić information content (AvgIpc) is 3.23. The monoisotopic (exact) mass is 371 g/mol. The Morgan fingerprint density at radius 2 is 2.20 bits per heavy atom. The largest absolute Gasteiger partial charge is 0.337 e. The Bertz CT molecular complexity index is 914. The standard InChI is InChI=1S/C19H21N3OS2/c1-3-22-16-7-5-4-6-15(16)20-19(22)25-13(2)18(23)21-10-8-17-14(12-21)9-11-24-17/h4-7,9,11,13H,3,8,10,12H2,1-2H3. The Hall–Kier alpha value is -1.79. The number of carbonyl (C=O) groups excluding carboxylic acids is 1. The topological polar surface area (TPSA) is 38.1 Å². The molecule has 130 valence electrons. The quantitative estimate of drug-likeness (QED) is 0.646. The first-order valence-corrected chi connectivity index (χ1v) is 10.4.